The second kappa shape index (κ2) is 5.68. The molecule has 0 aliphatic rings. The predicted molar refractivity (Wildman–Crippen MR) is 69.0 cm³/mol. The van der Waals surface area contributed by atoms with E-state index < -0.39 is 10.0 Å². The van der Waals surface area contributed by atoms with Gasteiger partial charge in [-0.05, 0) is 34.1 Å². The number of ether oxygens (including phenoxy) is 1. The van der Waals surface area contributed by atoms with Gasteiger partial charge in [0.15, 0.2) is 5.82 Å². The first-order valence-corrected chi connectivity index (χ1v) is 7.39. The molecule has 2 aromatic rings. The van der Waals surface area contributed by atoms with Gasteiger partial charge in [0.25, 0.3) is 0 Å². The molecule has 1 N–H and O–H groups in total. The van der Waals surface area contributed by atoms with E-state index in [1.807, 2.05) is 0 Å². The Morgan fingerprint density at radius 2 is 2.26 bits per heavy atom. The molecule has 1 heterocycles. The van der Waals surface area contributed by atoms with Crippen LogP contribution in [0.3, 0.4) is 0 Å². The summed E-state index contributed by atoms with van der Waals surface area (Å²) in [6, 6.07) is 4.46. The maximum absolute atomic E-state index is 12.0. The van der Waals surface area contributed by atoms with Gasteiger partial charge in [0.1, 0.15) is 5.75 Å². The average molecular weight is 348 g/mol. The monoisotopic (exact) mass is 347 g/mol. The summed E-state index contributed by atoms with van der Waals surface area (Å²) < 4.78 is 36.5. The third-order valence-corrected chi connectivity index (χ3v) is 4.28. The number of halogens is 1. The van der Waals surface area contributed by atoms with Crippen molar-refractivity contribution >= 4 is 26.0 Å². The molecule has 0 amide bonds. The molecular weight excluding hydrogens is 338 g/mol. The molecule has 1 aromatic heterocycles. The second-order valence-corrected chi connectivity index (χ2v) is 6.09. The average Bonchev–Trinajstić information content (AvgIpc) is 2.89. The molecule has 9 heteroatoms. The van der Waals surface area contributed by atoms with Crippen molar-refractivity contribution < 1.29 is 17.7 Å². The highest BCUT2D eigenvalue weighted by atomic mass is 79.9. The van der Waals surface area contributed by atoms with E-state index in [1.54, 1.807) is 6.07 Å². The molecule has 0 aliphatic carbocycles. The van der Waals surface area contributed by atoms with Gasteiger partial charge in [0, 0.05) is 0 Å². The summed E-state index contributed by atoms with van der Waals surface area (Å²) >= 11 is 3.23. The van der Waals surface area contributed by atoms with Crippen molar-refractivity contribution in [1.29, 1.82) is 0 Å². The van der Waals surface area contributed by atoms with Crippen LogP contribution in [0, 0.1) is 0 Å². The Hall–Kier alpha value is -1.45. The first-order chi connectivity index (χ1) is 9.03. The molecule has 7 nitrogen and oxygen atoms in total. The van der Waals surface area contributed by atoms with Crippen LogP contribution in [-0.4, -0.2) is 25.7 Å². The van der Waals surface area contributed by atoms with Crippen LogP contribution in [0.2, 0.25) is 0 Å². The molecule has 19 heavy (non-hydrogen) atoms. The summed E-state index contributed by atoms with van der Waals surface area (Å²) in [5.74, 6) is 0.813. The number of hydrogen-bond acceptors (Lipinski definition) is 6. The highest BCUT2D eigenvalue weighted by molar-refractivity contribution is 9.10. The summed E-state index contributed by atoms with van der Waals surface area (Å²) in [4.78, 5) is 3.84. The van der Waals surface area contributed by atoms with Gasteiger partial charge in [-0.3, -0.25) is 0 Å². The molecule has 1 aromatic carbocycles. The topological polar surface area (TPSA) is 94.3 Å². The highest BCUT2D eigenvalue weighted by Gasteiger charge is 2.16. The zero-order chi connectivity index (χ0) is 13.9. The smallest absolute Gasteiger partial charge is 0.241 e. The first kappa shape index (κ1) is 14.0. The van der Waals surface area contributed by atoms with Crippen LogP contribution in [0.15, 0.2) is 38.5 Å². The predicted octanol–water partition coefficient (Wildman–Crippen LogP) is 1.32. The number of methoxy groups -OCH3 is 1. The summed E-state index contributed by atoms with van der Waals surface area (Å²) in [5.41, 5.74) is 0. The molecule has 0 spiro atoms. The minimum atomic E-state index is -3.64. The fourth-order valence-electron chi connectivity index (χ4n) is 1.33. The van der Waals surface area contributed by atoms with Gasteiger partial charge in [-0.25, -0.2) is 13.1 Å². The Kier molecular flexibility index (Phi) is 4.17. The number of aromatic nitrogens is 2. The third kappa shape index (κ3) is 3.31. The summed E-state index contributed by atoms with van der Waals surface area (Å²) in [7, 11) is -2.14. The van der Waals surface area contributed by atoms with Crippen LogP contribution in [0.5, 0.6) is 5.75 Å². The summed E-state index contributed by atoms with van der Waals surface area (Å²) in [5, 5.41) is 3.52. The zero-order valence-corrected chi connectivity index (χ0v) is 12.2. The van der Waals surface area contributed by atoms with Crippen LogP contribution < -0.4 is 9.46 Å². The van der Waals surface area contributed by atoms with E-state index in [2.05, 4.69) is 35.3 Å². The third-order valence-electron chi connectivity index (χ3n) is 2.26. The number of nitrogens with zero attached hydrogens (tertiary/aromatic N) is 2. The van der Waals surface area contributed by atoms with Crippen LogP contribution >= 0.6 is 15.9 Å². The lowest BCUT2D eigenvalue weighted by atomic mass is 10.3. The van der Waals surface area contributed by atoms with Crippen LogP contribution in [0.25, 0.3) is 0 Å². The molecule has 0 atom stereocenters. The maximum Gasteiger partial charge on any atom is 0.241 e. The fourth-order valence-corrected chi connectivity index (χ4v) is 3.03. The van der Waals surface area contributed by atoms with Crippen molar-refractivity contribution in [1.82, 2.24) is 14.9 Å². The van der Waals surface area contributed by atoms with Gasteiger partial charge in [-0.15, -0.1) is 0 Å². The molecule has 0 saturated heterocycles. The van der Waals surface area contributed by atoms with Crippen LogP contribution in [-0.2, 0) is 16.6 Å². The van der Waals surface area contributed by atoms with Gasteiger partial charge >= 0.3 is 0 Å². The van der Waals surface area contributed by atoms with Crippen molar-refractivity contribution in [3.8, 4) is 5.75 Å². The van der Waals surface area contributed by atoms with E-state index >= 15 is 0 Å². The van der Waals surface area contributed by atoms with E-state index in [0.717, 1.165) is 6.39 Å². The number of hydrogen-bond donors (Lipinski definition) is 1. The Labute approximate surface area is 118 Å². The Balaban J connectivity index is 2.17. The normalized spacial score (nSPS) is 11.5. The molecule has 0 unspecified atom stereocenters. The zero-order valence-electron chi connectivity index (χ0n) is 9.83. The summed E-state index contributed by atoms with van der Waals surface area (Å²) in [6.45, 7) is -0.0392. The Morgan fingerprint density at radius 1 is 1.47 bits per heavy atom. The Morgan fingerprint density at radius 3 is 2.84 bits per heavy atom. The van der Waals surface area contributed by atoms with Crippen molar-refractivity contribution in [3.05, 3.63) is 34.9 Å². The first-order valence-electron chi connectivity index (χ1n) is 5.11. The van der Waals surface area contributed by atoms with Gasteiger partial charge in [-0.1, -0.05) is 5.16 Å². The minimum absolute atomic E-state index is 0.0392. The van der Waals surface area contributed by atoms with E-state index in [-0.39, 0.29) is 17.3 Å². The highest BCUT2D eigenvalue weighted by Crippen LogP contribution is 2.27. The van der Waals surface area contributed by atoms with Gasteiger partial charge in [0.05, 0.1) is 23.0 Å². The van der Waals surface area contributed by atoms with Gasteiger partial charge in [0.2, 0.25) is 16.4 Å². The largest absolute Gasteiger partial charge is 0.496 e. The molecule has 0 bridgehead atoms. The van der Waals surface area contributed by atoms with Gasteiger partial charge in [-0.2, -0.15) is 4.98 Å². The van der Waals surface area contributed by atoms with Gasteiger partial charge < -0.3 is 9.26 Å². The number of benzene rings is 1. The van der Waals surface area contributed by atoms with Crippen molar-refractivity contribution in [2.75, 3.05) is 7.11 Å². The second-order valence-electron chi connectivity index (χ2n) is 3.47. The van der Waals surface area contributed by atoms with E-state index in [9.17, 15) is 8.42 Å². The quantitative estimate of drug-likeness (QED) is 0.876. The molecular formula is C10H10BrN3O4S. The number of rotatable bonds is 5. The molecule has 0 radical (unpaired) electrons. The van der Waals surface area contributed by atoms with E-state index in [1.165, 1.54) is 19.2 Å². The van der Waals surface area contributed by atoms with Crippen LogP contribution in [0.1, 0.15) is 5.82 Å². The molecule has 0 aliphatic heterocycles. The molecule has 2 rings (SSSR count). The van der Waals surface area contributed by atoms with E-state index in [4.69, 9.17) is 4.74 Å². The van der Waals surface area contributed by atoms with Crippen LogP contribution in [0.4, 0.5) is 0 Å². The minimum Gasteiger partial charge on any atom is -0.496 e. The lowest BCUT2D eigenvalue weighted by Gasteiger charge is -2.07. The maximum atomic E-state index is 12.0. The van der Waals surface area contributed by atoms with Crippen molar-refractivity contribution in [2.24, 2.45) is 0 Å². The van der Waals surface area contributed by atoms with E-state index in [0.29, 0.717) is 10.2 Å². The number of sulfonamides is 1. The number of nitrogens with one attached hydrogen (secondary N) is 1. The lowest BCUT2D eigenvalue weighted by molar-refractivity contribution is 0.409. The molecule has 0 fully saturated rings. The molecule has 0 saturated carbocycles. The fraction of sp³-hybridized carbons (Fsp3) is 0.200. The standard InChI is InChI=1S/C10H10BrN3O4S/c1-17-9-3-2-7(4-8(9)11)19(15,16)13-5-10-12-6-18-14-10/h2-4,6,13H,5H2,1H3. The summed E-state index contributed by atoms with van der Waals surface area (Å²) in [6.07, 6.45) is 1.13. The SMILES string of the molecule is COc1ccc(S(=O)(=O)NCc2ncon2)cc1Br. The lowest BCUT2D eigenvalue weighted by Crippen LogP contribution is -2.23. The van der Waals surface area contributed by atoms with Crippen molar-refractivity contribution in [2.45, 2.75) is 11.4 Å². The molecule has 102 valence electrons. The Bertz CT molecular complexity index is 657. The van der Waals surface area contributed by atoms with Crippen molar-refractivity contribution in [3.63, 3.8) is 0 Å².